The lowest BCUT2D eigenvalue weighted by molar-refractivity contribution is 0.145. The average Bonchev–Trinajstić information content (AvgIpc) is 2.09. The van der Waals surface area contributed by atoms with Gasteiger partial charge in [0.25, 0.3) is 0 Å². The second kappa shape index (κ2) is 9.96. The van der Waals surface area contributed by atoms with E-state index in [-0.39, 0.29) is 0 Å². The van der Waals surface area contributed by atoms with Gasteiger partial charge in [0.15, 0.2) is 0 Å². The Bertz CT molecular complexity index is 96.9. The lowest BCUT2D eigenvalue weighted by Crippen LogP contribution is -2.32. The molecule has 3 heteroatoms. The number of hydrogen-bond acceptors (Lipinski definition) is 3. The summed E-state index contributed by atoms with van der Waals surface area (Å²) in [6, 6.07) is 0.588. The van der Waals surface area contributed by atoms with Crippen molar-refractivity contribution in [3.8, 4) is 0 Å². The summed E-state index contributed by atoms with van der Waals surface area (Å²) in [5.41, 5.74) is 0. The molecule has 0 aliphatic rings. The quantitative estimate of drug-likeness (QED) is 0.530. The van der Waals surface area contributed by atoms with Crippen LogP contribution in [0.1, 0.15) is 27.2 Å². The Labute approximate surface area is 82.2 Å². The highest BCUT2D eigenvalue weighted by atomic mass is 16.5. The lowest BCUT2D eigenvalue weighted by atomic mass is 10.4. The van der Waals surface area contributed by atoms with Gasteiger partial charge in [-0.25, -0.2) is 0 Å². The van der Waals surface area contributed by atoms with Gasteiger partial charge in [-0.05, 0) is 19.9 Å². The summed E-state index contributed by atoms with van der Waals surface area (Å²) >= 11 is 0. The third kappa shape index (κ3) is 11.9. The van der Waals surface area contributed by atoms with Crippen molar-refractivity contribution in [1.29, 1.82) is 0 Å². The van der Waals surface area contributed by atoms with Gasteiger partial charge in [0.2, 0.25) is 0 Å². The number of rotatable bonds is 9. The minimum absolute atomic E-state index is 0.588. The Morgan fingerprint density at radius 1 is 1.15 bits per heavy atom. The fourth-order valence-electron chi connectivity index (χ4n) is 1.02. The van der Waals surface area contributed by atoms with Crippen molar-refractivity contribution in [2.45, 2.75) is 33.2 Å². The molecule has 3 nitrogen and oxygen atoms in total. The first-order chi connectivity index (χ1) is 6.27. The van der Waals surface area contributed by atoms with E-state index in [4.69, 9.17) is 4.74 Å². The monoisotopic (exact) mass is 188 g/mol. The zero-order chi connectivity index (χ0) is 9.94. The maximum absolute atomic E-state index is 5.22. The molecule has 0 bridgehead atoms. The summed E-state index contributed by atoms with van der Waals surface area (Å²) in [6.45, 7) is 11.2. The molecule has 0 saturated carbocycles. The van der Waals surface area contributed by atoms with Crippen LogP contribution >= 0.6 is 0 Å². The first-order valence-corrected chi connectivity index (χ1v) is 5.29. The summed E-state index contributed by atoms with van der Waals surface area (Å²) in [5.74, 6) is 0. The van der Waals surface area contributed by atoms with Crippen LogP contribution in [0, 0.1) is 0 Å². The minimum atomic E-state index is 0.588. The number of ether oxygens (including phenoxy) is 1. The Hall–Kier alpha value is -0.120. The van der Waals surface area contributed by atoms with Crippen molar-refractivity contribution in [3.63, 3.8) is 0 Å². The van der Waals surface area contributed by atoms with Crippen molar-refractivity contribution in [2.75, 3.05) is 32.8 Å². The van der Waals surface area contributed by atoms with Gasteiger partial charge >= 0.3 is 0 Å². The van der Waals surface area contributed by atoms with Crippen molar-refractivity contribution < 1.29 is 4.74 Å². The van der Waals surface area contributed by atoms with Crippen LogP contribution in [0.5, 0.6) is 0 Å². The van der Waals surface area contributed by atoms with E-state index in [1.165, 1.54) is 0 Å². The molecule has 0 aromatic rings. The number of hydrogen-bond donors (Lipinski definition) is 2. The molecule has 0 fully saturated rings. The normalized spacial score (nSPS) is 11.1. The van der Waals surface area contributed by atoms with Gasteiger partial charge in [-0.1, -0.05) is 13.8 Å². The second-order valence-electron chi connectivity index (χ2n) is 3.41. The van der Waals surface area contributed by atoms with E-state index in [2.05, 4.69) is 24.5 Å². The molecule has 2 N–H and O–H groups in total. The molecule has 0 aliphatic heterocycles. The maximum atomic E-state index is 5.22. The van der Waals surface area contributed by atoms with Crippen molar-refractivity contribution >= 4 is 0 Å². The molecule has 0 unspecified atom stereocenters. The van der Waals surface area contributed by atoms with Gasteiger partial charge in [-0.15, -0.1) is 0 Å². The van der Waals surface area contributed by atoms with Crippen LogP contribution in [-0.2, 0) is 4.74 Å². The highest BCUT2D eigenvalue weighted by molar-refractivity contribution is 4.55. The molecule has 0 radical (unpaired) electrons. The topological polar surface area (TPSA) is 33.3 Å². The molecule has 0 saturated heterocycles. The van der Waals surface area contributed by atoms with Crippen LogP contribution in [0.3, 0.4) is 0 Å². The van der Waals surface area contributed by atoms with Crippen LogP contribution in [-0.4, -0.2) is 38.9 Å². The van der Waals surface area contributed by atoms with E-state index in [1.807, 2.05) is 6.92 Å². The van der Waals surface area contributed by atoms with Gasteiger partial charge in [-0.2, -0.15) is 0 Å². The minimum Gasteiger partial charge on any atom is -0.382 e. The zero-order valence-corrected chi connectivity index (χ0v) is 9.23. The molecular formula is C10H24N2O. The highest BCUT2D eigenvalue weighted by Crippen LogP contribution is 1.79. The SMILES string of the molecule is CCOCCCNCCNC(C)C. The maximum Gasteiger partial charge on any atom is 0.0477 e. The van der Waals surface area contributed by atoms with E-state index < -0.39 is 0 Å². The van der Waals surface area contributed by atoms with Gasteiger partial charge in [0, 0.05) is 32.3 Å². The van der Waals surface area contributed by atoms with E-state index in [1.54, 1.807) is 0 Å². The Morgan fingerprint density at radius 3 is 2.54 bits per heavy atom. The van der Waals surface area contributed by atoms with Crippen molar-refractivity contribution in [2.24, 2.45) is 0 Å². The molecule has 0 atom stereocenters. The Kier molecular flexibility index (Phi) is 9.87. The largest absolute Gasteiger partial charge is 0.382 e. The molecule has 0 aromatic heterocycles. The third-order valence-corrected chi connectivity index (χ3v) is 1.70. The van der Waals surface area contributed by atoms with Crippen molar-refractivity contribution in [1.82, 2.24) is 10.6 Å². The van der Waals surface area contributed by atoms with Crippen LogP contribution in [0.2, 0.25) is 0 Å². The van der Waals surface area contributed by atoms with Crippen LogP contribution in [0.15, 0.2) is 0 Å². The van der Waals surface area contributed by atoms with Gasteiger partial charge in [0.05, 0.1) is 0 Å². The van der Waals surface area contributed by atoms with Crippen molar-refractivity contribution in [3.05, 3.63) is 0 Å². The predicted octanol–water partition coefficient (Wildman–Crippen LogP) is 1.00. The lowest BCUT2D eigenvalue weighted by Gasteiger charge is -2.08. The van der Waals surface area contributed by atoms with Crippen LogP contribution in [0.4, 0.5) is 0 Å². The van der Waals surface area contributed by atoms with Gasteiger partial charge < -0.3 is 15.4 Å². The summed E-state index contributed by atoms with van der Waals surface area (Å²) in [7, 11) is 0. The smallest absolute Gasteiger partial charge is 0.0477 e. The molecule has 13 heavy (non-hydrogen) atoms. The molecule has 80 valence electrons. The van der Waals surface area contributed by atoms with Gasteiger partial charge in [-0.3, -0.25) is 0 Å². The molecule has 0 heterocycles. The molecule has 0 amide bonds. The standard InChI is InChI=1S/C10H24N2O/c1-4-13-9-5-6-11-7-8-12-10(2)3/h10-12H,4-9H2,1-3H3. The van der Waals surface area contributed by atoms with E-state index in [0.717, 1.165) is 39.3 Å². The summed E-state index contributed by atoms with van der Waals surface area (Å²) in [4.78, 5) is 0. The zero-order valence-electron chi connectivity index (χ0n) is 9.23. The first-order valence-electron chi connectivity index (χ1n) is 5.29. The van der Waals surface area contributed by atoms with E-state index in [0.29, 0.717) is 6.04 Å². The summed E-state index contributed by atoms with van der Waals surface area (Å²) in [5, 5.41) is 6.71. The third-order valence-electron chi connectivity index (χ3n) is 1.70. The number of nitrogens with one attached hydrogen (secondary N) is 2. The highest BCUT2D eigenvalue weighted by Gasteiger charge is 1.91. The van der Waals surface area contributed by atoms with Crippen LogP contribution < -0.4 is 10.6 Å². The van der Waals surface area contributed by atoms with E-state index in [9.17, 15) is 0 Å². The van der Waals surface area contributed by atoms with Gasteiger partial charge in [0.1, 0.15) is 0 Å². The fraction of sp³-hybridized carbons (Fsp3) is 1.00. The summed E-state index contributed by atoms with van der Waals surface area (Å²) in [6.07, 6.45) is 1.11. The molecule has 0 aliphatic carbocycles. The average molecular weight is 188 g/mol. The first kappa shape index (κ1) is 12.9. The molecule has 0 spiro atoms. The molecular weight excluding hydrogens is 164 g/mol. The Morgan fingerprint density at radius 2 is 1.92 bits per heavy atom. The fourth-order valence-corrected chi connectivity index (χ4v) is 1.02. The second-order valence-corrected chi connectivity index (χ2v) is 3.41. The Balaban J connectivity index is 2.84. The summed E-state index contributed by atoms with van der Waals surface area (Å²) < 4.78 is 5.22. The van der Waals surface area contributed by atoms with E-state index >= 15 is 0 Å². The van der Waals surface area contributed by atoms with Crippen LogP contribution in [0.25, 0.3) is 0 Å². The molecule has 0 rings (SSSR count). The molecule has 0 aromatic carbocycles. The predicted molar refractivity (Wildman–Crippen MR) is 57.1 cm³/mol.